The minimum Gasteiger partial charge on any atom is -0.491 e. The van der Waals surface area contributed by atoms with E-state index in [-0.39, 0.29) is 41.8 Å². The van der Waals surface area contributed by atoms with Gasteiger partial charge < -0.3 is 20.5 Å². The van der Waals surface area contributed by atoms with E-state index >= 15 is 0 Å². The fraction of sp³-hybridized carbons (Fsp3) is 0.400. The lowest BCUT2D eigenvalue weighted by Crippen LogP contribution is -2.24. The fourth-order valence-corrected chi connectivity index (χ4v) is 3.88. The lowest BCUT2D eigenvalue weighted by atomic mass is 9.97. The van der Waals surface area contributed by atoms with Crippen molar-refractivity contribution in [3.05, 3.63) is 47.0 Å². The molecule has 30 heavy (non-hydrogen) atoms. The van der Waals surface area contributed by atoms with Gasteiger partial charge in [-0.2, -0.15) is 0 Å². The summed E-state index contributed by atoms with van der Waals surface area (Å²) < 4.78 is 36.8. The van der Waals surface area contributed by atoms with Crippen molar-refractivity contribution in [2.24, 2.45) is 5.73 Å². The van der Waals surface area contributed by atoms with E-state index in [9.17, 15) is 18.4 Å². The maximum Gasteiger partial charge on any atom is 0.286 e. The summed E-state index contributed by atoms with van der Waals surface area (Å²) in [7, 11) is 0. The van der Waals surface area contributed by atoms with Crippen molar-refractivity contribution in [1.29, 1.82) is 0 Å². The molecule has 0 unspecified atom stereocenters. The number of halogens is 2. The molecule has 1 saturated carbocycles. The summed E-state index contributed by atoms with van der Waals surface area (Å²) in [6.07, 6.45) is 6.06. The largest absolute Gasteiger partial charge is 0.491 e. The molecule has 10 heteroatoms. The van der Waals surface area contributed by atoms with Crippen molar-refractivity contribution >= 4 is 17.5 Å². The number of anilines is 1. The number of benzene rings is 1. The van der Waals surface area contributed by atoms with Crippen LogP contribution >= 0.6 is 0 Å². The first-order chi connectivity index (χ1) is 14.4. The maximum absolute atomic E-state index is 13.2. The van der Waals surface area contributed by atoms with E-state index in [4.69, 9.17) is 15.2 Å². The normalized spacial score (nSPS) is 18.4. The molecule has 1 aliphatic carbocycles. The minimum atomic E-state index is -0.824. The third-order valence-corrected chi connectivity index (χ3v) is 5.30. The number of fused-ring (bicyclic) bond motifs is 3. The lowest BCUT2D eigenvalue weighted by Gasteiger charge is -2.22. The van der Waals surface area contributed by atoms with E-state index in [0.717, 1.165) is 43.0 Å². The number of aromatic nitrogens is 2. The predicted molar refractivity (Wildman–Crippen MR) is 101 cm³/mol. The van der Waals surface area contributed by atoms with Gasteiger partial charge in [-0.1, -0.05) is 12.8 Å². The highest BCUT2D eigenvalue weighted by Crippen LogP contribution is 2.46. The number of ether oxygens (including phenoxy) is 2. The fourth-order valence-electron chi connectivity index (χ4n) is 3.88. The molecule has 1 fully saturated rings. The zero-order chi connectivity index (χ0) is 21.3. The quantitative estimate of drug-likeness (QED) is 0.735. The van der Waals surface area contributed by atoms with Gasteiger partial charge in [0.25, 0.3) is 5.91 Å². The first-order valence-corrected chi connectivity index (χ1v) is 9.60. The average Bonchev–Trinajstić information content (AvgIpc) is 3.28. The van der Waals surface area contributed by atoms with E-state index in [0.29, 0.717) is 12.7 Å². The van der Waals surface area contributed by atoms with Crippen molar-refractivity contribution in [2.45, 2.75) is 44.3 Å². The van der Waals surface area contributed by atoms with E-state index in [1.165, 1.54) is 0 Å². The Morgan fingerprint density at radius 2 is 2.00 bits per heavy atom. The molecule has 0 atom stereocenters. The summed E-state index contributed by atoms with van der Waals surface area (Å²) in [5.41, 5.74) is 6.72. The number of carbonyl (C=O) groups is 2. The van der Waals surface area contributed by atoms with Crippen LogP contribution in [0.1, 0.15) is 54.0 Å². The van der Waals surface area contributed by atoms with Gasteiger partial charge in [-0.05, 0) is 12.8 Å². The monoisotopic (exact) mass is 418 g/mol. The molecule has 0 saturated heterocycles. The third-order valence-electron chi connectivity index (χ3n) is 5.30. The molecule has 2 aromatic rings. The Morgan fingerprint density at radius 3 is 2.73 bits per heavy atom. The van der Waals surface area contributed by atoms with E-state index in [1.807, 2.05) is 0 Å². The highest BCUT2D eigenvalue weighted by atomic mass is 19.1. The molecule has 3 heterocycles. The smallest absolute Gasteiger partial charge is 0.286 e. The summed E-state index contributed by atoms with van der Waals surface area (Å²) in [5.74, 6) is -2.34. The number of nitrogens with one attached hydrogen (secondary N) is 1. The Morgan fingerprint density at radius 1 is 1.23 bits per heavy atom. The van der Waals surface area contributed by atoms with Crippen molar-refractivity contribution in [3.8, 4) is 5.75 Å². The van der Waals surface area contributed by atoms with Crippen LogP contribution in [-0.2, 0) is 21.7 Å². The van der Waals surface area contributed by atoms with Gasteiger partial charge in [-0.25, -0.2) is 18.7 Å². The Balaban J connectivity index is 0.000000147. The van der Waals surface area contributed by atoms with Gasteiger partial charge in [-0.15, -0.1) is 0 Å². The molecule has 158 valence electrons. The standard InChI is InChI=1S/C11H13N3O2.C9H7F2NO2/c12-9(15)10-13-5-7-6-16-11(8(7)14-10)3-1-2-4-11;10-5-3-6(11)9-7(4-5)14-2-1-8(13)12-9/h5H,1-4,6H2,(H2,12,15);3-4H,1-2H2,(H,12,13). The average molecular weight is 418 g/mol. The topological polar surface area (TPSA) is 116 Å². The summed E-state index contributed by atoms with van der Waals surface area (Å²) in [4.78, 5) is 30.3. The molecule has 1 aromatic carbocycles. The molecular formula is C20H20F2N4O4. The minimum absolute atomic E-state index is 0.0355. The number of hydrogen-bond donors (Lipinski definition) is 2. The zero-order valence-corrected chi connectivity index (χ0v) is 16.0. The third kappa shape index (κ3) is 3.82. The molecule has 8 nitrogen and oxygen atoms in total. The molecule has 1 spiro atoms. The summed E-state index contributed by atoms with van der Waals surface area (Å²) in [5, 5.41) is 2.31. The molecule has 1 aromatic heterocycles. The van der Waals surface area contributed by atoms with E-state index in [1.54, 1.807) is 6.20 Å². The maximum atomic E-state index is 13.2. The first-order valence-electron chi connectivity index (χ1n) is 9.60. The Bertz CT molecular complexity index is 1010. The number of primary amides is 1. The molecule has 2 aliphatic heterocycles. The molecule has 3 N–H and O–H groups in total. The number of carbonyl (C=O) groups excluding carboxylic acids is 2. The van der Waals surface area contributed by atoms with Crippen LogP contribution in [0.25, 0.3) is 0 Å². The number of amides is 2. The highest BCUT2D eigenvalue weighted by molar-refractivity contribution is 5.93. The van der Waals surface area contributed by atoms with Crippen molar-refractivity contribution in [3.63, 3.8) is 0 Å². The van der Waals surface area contributed by atoms with Crippen LogP contribution in [0.4, 0.5) is 14.5 Å². The van der Waals surface area contributed by atoms with Crippen LogP contribution < -0.4 is 15.8 Å². The second kappa shape index (κ2) is 7.94. The second-order valence-corrected chi connectivity index (χ2v) is 7.33. The van der Waals surface area contributed by atoms with Gasteiger partial charge in [0.05, 0.1) is 25.3 Å². The van der Waals surface area contributed by atoms with Crippen LogP contribution in [0, 0.1) is 11.6 Å². The SMILES string of the molecule is NC(=O)c1ncc2c(n1)C1(CCCC1)OC2.O=C1CCOc2cc(F)cc(F)c2N1. The van der Waals surface area contributed by atoms with Gasteiger partial charge in [-0.3, -0.25) is 9.59 Å². The number of rotatable bonds is 1. The Hall–Kier alpha value is -3.14. The molecule has 2 amide bonds. The van der Waals surface area contributed by atoms with Crippen LogP contribution in [0.15, 0.2) is 18.3 Å². The first kappa shape index (κ1) is 20.1. The lowest BCUT2D eigenvalue weighted by molar-refractivity contribution is -0.116. The Labute approximate surface area is 170 Å². The number of hydrogen-bond acceptors (Lipinski definition) is 6. The second-order valence-electron chi connectivity index (χ2n) is 7.33. The van der Waals surface area contributed by atoms with Gasteiger partial charge in [0.15, 0.2) is 5.82 Å². The molecular weight excluding hydrogens is 398 g/mol. The summed E-state index contributed by atoms with van der Waals surface area (Å²) in [6, 6.07) is 1.75. The predicted octanol–water partition coefficient (Wildman–Crippen LogP) is 2.56. The molecule has 0 bridgehead atoms. The van der Waals surface area contributed by atoms with Crippen LogP contribution in [-0.4, -0.2) is 28.4 Å². The molecule has 5 rings (SSSR count). The van der Waals surface area contributed by atoms with Crippen LogP contribution in [0.2, 0.25) is 0 Å². The van der Waals surface area contributed by atoms with Crippen molar-refractivity contribution < 1.29 is 27.8 Å². The van der Waals surface area contributed by atoms with Crippen molar-refractivity contribution in [2.75, 3.05) is 11.9 Å². The molecule has 3 aliphatic rings. The summed E-state index contributed by atoms with van der Waals surface area (Å²) >= 11 is 0. The Kier molecular flexibility index (Phi) is 5.33. The van der Waals surface area contributed by atoms with Gasteiger partial charge in [0, 0.05) is 23.9 Å². The van der Waals surface area contributed by atoms with Crippen LogP contribution in [0.3, 0.4) is 0 Å². The van der Waals surface area contributed by atoms with E-state index < -0.39 is 17.5 Å². The van der Waals surface area contributed by atoms with E-state index in [2.05, 4.69) is 15.3 Å². The molecule has 0 radical (unpaired) electrons. The summed E-state index contributed by atoms with van der Waals surface area (Å²) in [6.45, 7) is 0.677. The number of nitrogens with zero attached hydrogens (tertiary/aromatic N) is 2. The van der Waals surface area contributed by atoms with Gasteiger partial charge in [0.1, 0.15) is 22.9 Å². The van der Waals surface area contributed by atoms with Crippen molar-refractivity contribution in [1.82, 2.24) is 9.97 Å². The van der Waals surface area contributed by atoms with Crippen LogP contribution in [0.5, 0.6) is 5.75 Å². The van der Waals surface area contributed by atoms with Gasteiger partial charge >= 0.3 is 0 Å². The van der Waals surface area contributed by atoms with Gasteiger partial charge in [0.2, 0.25) is 11.7 Å². The number of nitrogens with two attached hydrogens (primary N) is 1. The highest BCUT2D eigenvalue weighted by Gasteiger charge is 2.44. The zero-order valence-electron chi connectivity index (χ0n) is 16.0.